The first-order chi connectivity index (χ1) is 15.9. The minimum atomic E-state index is -0.476. The molecule has 0 saturated carbocycles. The lowest BCUT2D eigenvalue weighted by molar-refractivity contribution is -0.384. The Morgan fingerprint density at radius 3 is 2.70 bits per heavy atom. The van der Waals surface area contributed by atoms with Crippen molar-refractivity contribution >= 4 is 29.0 Å². The number of nitro benzene ring substituents is 1. The summed E-state index contributed by atoms with van der Waals surface area (Å²) < 4.78 is 12.9. The number of hydrogen-bond donors (Lipinski definition) is 1. The van der Waals surface area contributed by atoms with Gasteiger partial charge in [0.25, 0.3) is 5.69 Å². The molecule has 3 aromatic rings. The van der Waals surface area contributed by atoms with E-state index in [2.05, 4.69) is 22.1 Å². The van der Waals surface area contributed by atoms with E-state index in [1.165, 1.54) is 30.0 Å². The average molecular weight is 470 g/mol. The molecule has 1 N–H and O–H groups in total. The average Bonchev–Trinajstić information content (AvgIpc) is 3.19. The van der Waals surface area contributed by atoms with Crippen LogP contribution in [0.3, 0.4) is 0 Å². The number of nitrogens with zero attached hydrogens (tertiary/aromatic N) is 4. The van der Waals surface area contributed by atoms with Gasteiger partial charge in [-0.05, 0) is 30.7 Å². The van der Waals surface area contributed by atoms with E-state index in [9.17, 15) is 14.9 Å². The molecule has 11 heteroatoms. The van der Waals surface area contributed by atoms with Gasteiger partial charge in [-0.25, -0.2) is 0 Å². The van der Waals surface area contributed by atoms with E-state index in [1.54, 1.807) is 32.2 Å². The number of amides is 1. The molecule has 3 rings (SSSR count). The van der Waals surface area contributed by atoms with Gasteiger partial charge in [0, 0.05) is 24.4 Å². The van der Waals surface area contributed by atoms with Crippen LogP contribution in [0.4, 0.5) is 11.4 Å². The number of non-ortho nitro benzene ring substituents is 1. The highest BCUT2D eigenvalue weighted by Gasteiger charge is 2.16. The Balaban J connectivity index is 1.64. The zero-order valence-electron chi connectivity index (χ0n) is 18.2. The topological polar surface area (TPSA) is 121 Å². The molecule has 1 heterocycles. The number of ether oxygens (including phenoxy) is 2. The molecular formula is C22H23N5O5S. The smallest absolute Gasteiger partial charge is 0.269 e. The zero-order chi connectivity index (χ0) is 23.8. The van der Waals surface area contributed by atoms with Crippen LogP contribution in [0.15, 0.2) is 60.3 Å². The molecule has 0 unspecified atom stereocenters. The highest BCUT2D eigenvalue weighted by atomic mass is 32.2. The fraction of sp³-hybridized carbons (Fsp3) is 0.227. The first kappa shape index (κ1) is 23.8. The van der Waals surface area contributed by atoms with Crippen LogP contribution in [-0.2, 0) is 17.9 Å². The maximum absolute atomic E-state index is 12.4. The van der Waals surface area contributed by atoms with Crippen LogP contribution in [0.5, 0.6) is 11.5 Å². The van der Waals surface area contributed by atoms with E-state index in [4.69, 9.17) is 9.47 Å². The number of benzene rings is 2. The molecule has 10 nitrogen and oxygen atoms in total. The summed E-state index contributed by atoms with van der Waals surface area (Å²) in [5.41, 5.74) is 1.10. The Kier molecular flexibility index (Phi) is 8.03. The molecule has 0 bridgehead atoms. The number of carbonyl (C=O) groups is 1. The Morgan fingerprint density at radius 2 is 2.03 bits per heavy atom. The summed E-state index contributed by atoms with van der Waals surface area (Å²) in [4.78, 5) is 22.8. The summed E-state index contributed by atoms with van der Waals surface area (Å²) in [5.74, 6) is 1.59. The lowest BCUT2D eigenvalue weighted by atomic mass is 10.2. The van der Waals surface area contributed by atoms with Crippen LogP contribution < -0.4 is 14.8 Å². The van der Waals surface area contributed by atoms with E-state index < -0.39 is 4.92 Å². The van der Waals surface area contributed by atoms with E-state index in [0.717, 1.165) is 0 Å². The zero-order valence-corrected chi connectivity index (χ0v) is 19.0. The summed E-state index contributed by atoms with van der Waals surface area (Å²) in [7, 11) is 1.57. The molecule has 0 fully saturated rings. The monoisotopic (exact) mass is 469 g/mol. The SMILES string of the molecule is C=CCn1c(COc2ccccc2OC)nnc1SCC(=O)Nc1ccc([N+](=O)[O-])cc1C. The van der Waals surface area contributed by atoms with Gasteiger partial charge in [0.15, 0.2) is 22.5 Å². The number of carbonyl (C=O) groups excluding carboxylic acids is 1. The molecule has 0 aliphatic carbocycles. The number of methoxy groups -OCH3 is 1. The predicted octanol–water partition coefficient (Wildman–Crippen LogP) is 4.00. The summed E-state index contributed by atoms with van der Waals surface area (Å²) >= 11 is 1.22. The number of hydrogen-bond acceptors (Lipinski definition) is 8. The lowest BCUT2D eigenvalue weighted by Gasteiger charge is -2.11. The van der Waals surface area contributed by atoms with Crippen molar-refractivity contribution in [3.63, 3.8) is 0 Å². The van der Waals surface area contributed by atoms with Gasteiger partial charge in [-0.3, -0.25) is 19.5 Å². The summed E-state index contributed by atoms with van der Waals surface area (Å²) in [6, 6.07) is 11.6. The van der Waals surface area contributed by atoms with Gasteiger partial charge >= 0.3 is 0 Å². The maximum Gasteiger partial charge on any atom is 0.269 e. The van der Waals surface area contributed by atoms with Crippen molar-refractivity contribution in [1.82, 2.24) is 14.8 Å². The largest absolute Gasteiger partial charge is 0.493 e. The Labute approximate surface area is 194 Å². The quantitative estimate of drug-likeness (QED) is 0.194. The second-order valence-electron chi connectivity index (χ2n) is 6.83. The fourth-order valence-electron chi connectivity index (χ4n) is 2.94. The molecule has 0 atom stereocenters. The molecule has 0 aliphatic rings. The number of allylic oxidation sites excluding steroid dienone is 1. The van der Waals surface area contributed by atoms with Gasteiger partial charge in [-0.15, -0.1) is 16.8 Å². The molecule has 33 heavy (non-hydrogen) atoms. The molecule has 1 aromatic heterocycles. The number of anilines is 1. The van der Waals surface area contributed by atoms with Crippen LogP contribution in [0, 0.1) is 17.0 Å². The van der Waals surface area contributed by atoms with Crippen LogP contribution in [0.25, 0.3) is 0 Å². The van der Waals surface area contributed by atoms with E-state index >= 15 is 0 Å². The Bertz CT molecular complexity index is 1160. The number of para-hydroxylation sites is 2. The van der Waals surface area contributed by atoms with Crippen molar-refractivity contribution in [3.8, 4) is 11.5 Å². The lowest BCUT2D eigenvalue weighted by Crippen LogP contribution is -2.15. The number of thioether (sulfide) groups is 1. The molecule has 0 spiro atoms. The number of aromatic nitrogens is 3. The third kappa shape index (κ3) is 6.10. The minimum absolute atomic E-state index is 0.0275. The number of nitrogens with one attached hydrogen (secondary N) is 1. The standard InChI is InChI=1S/C22H23N5O5S/c1-4-11-26-20(13-32-19-8-6-5-7-18(19)31-3)24-25-22(26)33-14-21(28)23-17-10-9-16(27(29)30)12-15(17)2/h4-10,12H,1,11,13-14H2,2-3H3,(H,23,28). The summed E-state index contributed by atoms with van der Waals surface area (Å²) in [6.07, 6.45) is 1.71. The van der Waals surface area contributed by atoms with Gasteiger partial charge in [0.05, 0.1) is 17.8 Å². The van der Waals surface area contributed by atoms with Crippen molar-refractivity contribution in [2.45, 2.75) is 25.2 Å². The minimum Gasteiger partial charge on any atom is -0.493 e. The van der Waals surface area contributed by atoms with Crippen molar-refractivity contribution in [1.29, 1.82) is 0 Å². The van der Waals surface area contributed by atoms with Crippen molar-refractivity contribution in [2.24, 2.45) is 0 Å². The van der Waals surface area contributed by atoms with Gasteiger partial charge in [0.2, 0.25) is 5.91 Å². The summed E-state index contributed by atoms with van der Waals surface area (Å²) in [6.45, 7) is 6.08. The third-order valence-corrected chi connectivity index (χ3v) is 5.52. The first-order valence-corrected chi connectivity index (χ1v) is 10.9. The van der Waals surface area contributed by atoms with Gasteiger partial charge in [-0.2, -0.15) is 0 Å². The van der Waals surface area contributed by atoms with Crippen LogP contribution in [-0.4, -0.2) is 38.5 Å². The van der Waals surface area contributed by atoms with E-state index in [1.807, 2.05) is 16.7 Å². The van der Waals surface area contributed by atoms with Crippen LogP contribution >= 0.6 is 11.8 Å². The van der Waals surface area contributed by atoms with Crippen molar-refractivity contribution in [3.05, 3.63) is 76.6 Å². The molecule has 0 radical (unpaired) electrons. The summed E-state index contributed by atoms with van der Waals surface area (Å²) in [5, 5.41) is 22.6. The van der Waals surface area contributed by atoms with Crippen LogP contribution in [0.1, 0.15) is 11.4 Å². The Morgan fingerprint density at radius 1 is 1.27 bits per heavy atom. The molecule has 0 saturated heterocycles. The molecular weight excluding hydrogens is 446 g/mol. The van der Waals surface area contributed by atoms with Gasteiger partial charge < -0.3 is 14.8 Å². The van der Waals surface area contributed by atoms with Crippen molar-refractivity contribution in [2.75, 3.05) is 18.2 Å². The second-order valence-corrected chi connectivity index (χ2v) is 7.77. The number of nitro groups is 1. The predicted molar refractivity (Wildman–Crippen MR) is 125 cm³/mol. The normalized spacial score (nSPS) is 10.5. The second kappa shape index (κ2) is 11.1. The number of rotatable bonds is 11. The van der Waals surface area contributed by atoms with Gasteiger partial charge in [0.1, 0.15) is 6.61 Å². The maximum atomic E-state index is 12.4. The Hall–Kier alpha value is -3.86. The van der Waals surface area contributed by atoms with Gasteiger partial charge in [-0.1, -0.05) is 30.0 Å². The third-order valence-electron chi connectivity index (χ3n) is 4.56. The van der Waals surface area contributed by atoms with Crippen molar-refractivity contribution < 1.29 is 19.2 Å². The molecule has 0 aliphatic heterocycles. The molecule has 1 amide bonds. The first-order valence-electron chi connectivity index (χ1n) is 9.89. The van der Waals surface area contributed by atoms with Crippen LogP contribution in [0.2, 0.25) is 0 Å². The number of aryl methyl sites for hydroxylation is 1. The molecule has 172 valence electrons. The highest BCUT2D eigenvalue weighted by Crippen LogP contribution is 2.27. The highest BCUT2D eigenvalue weighted by molar-refractivity contribution is 7.99. The van der Waals surface area contributed by atoms with E-state index in [-0.39, 0.29) is 24.0 Å². The fourth-order valence-corrected chi connectivity index (χ4v) is 3.71. The molecule has 2 aromatic carbocycles. The van der Waals surface area contributed by atoms with E-state index in [0.29, 0.717) is 40.3 Å².